The van der Waals surface area contributed by atoms with E-state index in [1.165, 1.54) is 29.5 Å². The fourth-order valence-electron chi connectivity index (χ4n) is 4.33. The number of amides is 1. The first kappa shape index (κ1) is 24.2. The standard InChI is InChI=1S/C28H25FN4O4/c29-21-8-12-24(13-9-21)36-23-10-6-20(7-11-23)14-27(34)26-15-25(37-22-4-2-1-3-5-22)16-33(26)28(35)17-32-19-30-18-31-32/h1-13,18-19,25-26H,14-17H2/t25-,26+/m1/s1. The largest absolute Gasteiger partial charge is 0.488 e. The Hall–Kier alpha value is -4.53. The first-order chi connectivity index (χ1) is 18.0. The van der Waals surface area contributed by atoms with Gasteiger partial charge in [0.1, 0.15) is 48.4 Å². The average molecular weight is 501 g/mol. The molecule has 1 fully saturated rings. The smallest absolute Gasteiger partial charge is 0.245 e. The van der Waals surface area contributed by atoms with Gasteiger partial charge in [-0.2, -0.15) is 5.10 Å². The lowest BCUT2D eigenvalue weighted by atomic mass is 10.0. The summed E-state index contributed by atoms with van der Waals surface area (Å²) in [6.07, 6.45) is 3.10. The van der Waals surface area contributed by atoms with Crippen LogP contribution in [0.1, 0.15) is 12.0 Å². The van der Waals surface area contributed by atoms with E-state index < -0.39 is 6.04 Å². The Labute approximate surface area is 213 Å². The summed E-state index contributed by atoms with van der Waals surface area (Å²) in [7, 11) is 0. The van der Waals surface area contributed by atoms with E-state index in [-0.39, 0.29) is 36.6 Å². The number of ketones is 1. The van der Waals surface area contributed by atoms with Gasteiger partial charge in [-0.05, 0) is 54.1 Å². The molecule has 4 aromatic rings. The van der Waals surface area contributed by atoms with E-state index in [0.29, 0.717) is 30.2 Å². The Bertz CT molecular complexity index is 1330. The minimum Gasteiger partial charge on any atom is -0.488 e. The Balaban J connectivity index is 1.26. The Morgan fingerprint density at radius 2 is 1.62 bits per heavy atom. The van der Waals surface area contributed by atoms with Crippen LogP contribution >= 0.6 is 0 Å². The minimum atomic E-state index is -0.611. The maximum Gasteiger partial charge on any atom is 0.245 e. The van der Waals surface area contributed by atoms with Crippen LogP contribution in [0.2, 0.25) is 0 Å². The summed E-state index contributed by atoms with van der Waals surface area (Å²) in [5, 5.41) is 4.01. The highest BCUT2D eigenvalue weighted by molar-refractivity contribution is 5.91. The van der Waals surface area contributed by atoms with E-state index in [1.54, 1.807) is 29.2 Å². The van der Waals surface area contributed by atoms with Gasteiger partial charge in [0.25, 0.3) is 0 Å². The molecule has 0 N–H and O–H groups in total. The van der Waals surface area contributed by atoms with E-state index in [0.717, 1.165) is 5.56 Å². The molecule has 188 valence electrons. The molecule has 0 radical (unpaired) electrons. The molecule has 37 heavy (non-hydrogen) atoms. The van der Waals surface area contributed by atoms with Crippen molar-refractivity contribution in [2.24, 2.45) is 0 Å². The second-order valence-electron chi connectivity index (χ2n) is 8.79. The third-order valence-corrected chi connectivity index (χ3v) is 6.12. The van der Waals surface area contributed by atoms with Crippen LogP contribution in [0.3, 0.4) is 0 Å². The van der Waals surface area contributed by atoms with Gasteiger partial charge in [0.05, 0.1) is 12.6 Å². The molecule has 3 aromatic carbocycles. The van der Waals surface area contributed by atoms with E-state index in [9.17, 15) is 14.0 Å². The number of para-hydroxylation sites is 1. The number of likely N-dealkylation sites (tertiary alicyclic amines) is 1. The fourth-order valence-corrected chi connectivity index (χ4v) is 4.33. The molecule has 0 unspecified atom stereocenters. The summed E-state index contributed by atoms with van der Waals surface area (Å²) in [5.41, 5.74) is 0.799. The van der Waals surface area contributed by atoms with Crippen molar-refractivity contribution >= 4 is 11.7 Å². The van der Waals surface area contributed by atoms with Gasteiger partial charge < -0.3 is 14.4 Å². The summed E-state index contributed by atoms with van der Waals surface area (Å²) < 4.78 is 26.4. The van der Waals surface area contributed by atoms with E-state index in [1.807, 2.05) is 42.5 Å². The summed E-state index contributed by atoms with van der Waals surface area (Å²) in [5.74, 6) is 1.16. The molecular weight excluding hydrogens is 475 g/mol. The highest BCUT2D eigenvalue weighted by Gasteiger charge is 2.40. The Morgan fingerprint density at radius 1 is 0.919 bits per heavy atom. The zero-order valence-corrected chi connectivity index (χ0v) is 19.9. The number of carbonyl (C=O) groups is 2. The summed E-state index contributed by atoms with van der Waals surface area (Å²) >= 11 is 0. The fraction of sp³-hybridized carbons (Fsp3) is 0.214. The topological polar surface area (TPSA) is 86.5 Å². The summed E-state index contributed by atoms with van der Waals surface area (Å²) in [4.78, 5) is 32.0. The third kappa shape index (κ3) is 6.19. The van der Waals surface area contributed by atoms with Crippen molar-refractivity contribution in [3.63, 3.8) is 0 Å². The molecule has 0 aliphatic carbocycles. The van der Waals surface area contributed by atoms with E-state index in [2.05, 4.69) is 10.1 Å². The van der Waals surface area contributed by atoms with Crippen LogP contribution in [-0.4, -0.2) is 50.0 Å². The normalized spacial score (nSPS) is 16.9. The number of halogens is 1. The van der Waals surface area contributed by atoms with Gasteiger partial charge in [0, 0.05) is 12.8 Å². The van der Waals surface area contributed by atoms with Crippen LogP contribution in [0.15, 0.2) is 91.5 Å². The summed E-state index contributed by atoms with van der Waals surface area (Å²) in [6, 6.07) is 21.6. The molecule has 8 nitrogen and oxygen atoms in total. The Morgan fingerprint density at radius 3 is 2.30 bits per heavy atom. The first-order valence-electron chi connectivity index (χ1n) is 11.9. The van der Waals surface area contributed by atoms with Gasteiger partial charge in [-0.3, -0.25) is 9.59 Å². The number of hydrogen-bond donors (Lipinski definition) is 0. The van der Waals surface area contributed by atoms with Gasteiger partial charge in [0.15, 0.2) is 5.78 Å². The molecular formula is C28H25FN4O4. The first-order valence-corrected chi connectivity index (χ1v) is 11.9. The molecule has 1 saturated heterocycles. The maximum atomic E-state index is 13.4. The number of benzene rings is 3. The molecule has 0 bridgehead atoms. The SMILES string of the molecule is O=C(Cc1ccc(Oc2ccc(F)cc2)cc1)[C@@H]1C[C@@H](Oc2ccccc2)CN1C(=O)Cn1cncn1. The number of rotatable bonds is 9. The van der Waals surface area contributed by atoms with E-state index >= 15 is 0 Å². The molecule has 1 aromatic heterocycles. The molecule has 0 saturated carbocycles. The number of carbonyl (C=O) groups excluding carboxylic acids is 2. The highest BCUT2D eigenvalue weighted by Crippen LogP contribution is 2.26. The number of ether oxygens (including phenoxy) is 2. The molecule has 2 atom stereocenters. The van der Waals surface area contributed by atoms with Crippen molar-refractivity contribution in [1.82, 2.24) is 19.7 Å². The number of aromatic nitrogens is 3. The van der Waals surface area contributed by atoms with Crippen molar-refractivity contribution in [2.45, 2.75) is 31.5 Å². The lowest BCUT2D eigenvalue weighted by molar-refractivity contribution is -0.138. The molecule has 1 aliphatic rings. The minimum absolute atomic E-state index is 0.00272. The van der Waals surface area contributed by atoms with Crippen LogP contribution in [0.4, 0.5) is 4.39 Å². The average Bonchev–Trinajstić information content (AvgIpc) is 3.57. The van der Waals surface area contributed by atoms with Gasteiger partial charge in [0.2, 0.25) is 5.91 Å². The van der Waals surface area contributed by atoms with Crippen molar-refractivity contribution < 1.29 is 23.5 Å². The second kappa shape index (κ2) is 11.0. The van der Waals surface area contributed by atoms with E-state index in [4.69, 9.17) is 9.47 Å². The highest BCUT2D eigenvalue weighted by atomic mass is 19.1. The van der Waals surface area contributed by atoms with Gasteiger partial charge in [-0.15, -0.1) is 0 Å². The number of hydrogen-bond acceptors (Lipinski definition) is 6. The zero-order valence-electron chi connectivity index (χ0n) is 19.9. The maximum absolute atomic E-state index is 13.4. The molecule has 5 rings (SSSR count). The Kier molecular flexibility index (Phi) is 7.21. The van der Waals surface area contributed by atoms with Gasteiger partial charge in [-0.25, -0.2) is 14.1 Å². The van der Waals surface area contributed by atoms with Crippen LogP contribution < -0.4 is 9.47 Å². The molecule has 1 amide bonds. The number of nitrogens with zero attached hydrogens (tertiary/aromatic N) is 4. The molecule has 1 aliphatic heterocycles. The van der Waals surface area contributed by atoms with Gasteiger partial charge in [-0.1, -0.05) is 30.3 Å². The van der Waals surface area contributed by atoms with Crippen LogP contribution in [0, 0.1) is 5.82 Å². The molecule has 2 heterocycles. The number of Topliss-reactive ketones (excluding diaryl/α,β-unsaturated/α-hetero) is 1. The lowest BCUT2D eigenvalue weighted by Gasteiger charge is -2.23. The molecule has 0 spiro atoms. The summed E-state index contributed by atoms with van der Waals surface area (Å²) in [6.45, 7) is 0.306. The predicted molar refractivity (Wildman–Crippen MR) is 133 cm³/mol. The van der Waals surface area contributed by atoms with Crippen molar-refractivity contribution in [3.05, 3.63) is 103 Å². The van der Waals surface area contributed by atoms with Crippen molar-refractivity contribution in [1.29, 1.82) is 0 Å². The lowest BCUT2D eigenvalue weighted by Crippen LogP contribution is -2.43. The predicted octanol–water partition coefficient (Wildman–Crippen LogP) is 4.07. The zero-order chi connectivity index (χ0) is 25.6. The van der Waals surface area contributed by atoms with Crippen molar-refractivity contribution in [2.75, 3.05) is 6.54 Å². The monoisotopic (exact) mass is 500 g/mol. The van der Waals surface area contributed by atoms with Crippen LogP contribution in [-0.2, 0) is 22.6 Å². The van der Waals surface area contributed by atoms with Crippen LogP contribution in [0.25, 0.3) is 0 Å². The van der Waals surface area contributed by atoms with Gasteiger partial charge >= 0.3 is 0 Å². The molecule has 9 heteroatoms. The quantitative estimate of drug-likeness (QED) is 0.344. The second-order valence-corrected chi connectivity index (χ2v) is 8.79. The third-order valence-electron chi connectivity index (χ3n) is 6.12. The van der Waals surface area contributed by atoms with Crippen LogP contribution in [0.5, 0.6) is 17.2 Å². The van der Waals surface area contributed by atoms with Crippen molar-refractivity contribution in [3.8, 4) is 17.2 Å².